The molecule has 7 heteroatoms. The summed E-state index contributed by atoms with van der Waals surface area (Å²) in [6.07, 6.45) is 0. The number of benzene rings is 1. The van der Waals surface area contributed by atoms with E-state index in [9.17, 15) is 0 Å². The molecule has 3 aromatic rings. The molecule has 0 spiro atoms. The molecule has 2 aromatic heterocycles. The Kier molecular flexibility index (Phi) is 3.56. The Morgan fingerprint density at radius 2 is 2.05 bits per heavy atom. The van der Waals surface area contributed by atoms with Crippen molar-refractivity contribution >= 4 is 54.9 Å². The van der Waals surface area contributed by atoms with Gasteiger partial charge in [0.15, 0.2) is 0 Å². The van der Waals surface area contributed by atoms with Gasteiger partial charge in [-0.1, -0.05) is 12.1 Å². The minimum Gasteiger partial charge on any atom is -0.339 e. The molecule has 0 amide bonds. The minimum absolute atomic E-state index is 0.397. The molecule has 0 aliphatic rings. The van der Waals surface area contributed by atoms with E-state index < -0.39 is 0 Å². The Labute approximate surface area is 128 Å². The zero-order valence-corrected chi connectivity index (χ0v) is 13.0. The number of nitrogens with two attached hydrogens (primary N) is 1. The fourth-order valence-corrected chi connectivity index (χ4v) is 3.16. The highest BCUT2D eigenvalue weighted by Crippen LogP contribution is 2.32. The summed E-state index contributed by atoms with van der Waals surface area (Å²) >= 11 is 5.13. The maximum absolute atomic E-state index is 5.43. The van der Waals surface area contributed by atoms with E-state index in [1.165, 1.54) is 4.88 Å². The van der Waals surface area contributed by atoms with Crippen LogP contribution in [0.2, 0.25) is 0 Å². The van der Waals surface area contributed by atoms with Gasteiger partial charge in [-0.15, -0.1) is 11.3 Å². The number of hydrogen-bond acceptors (Lipinski definition) is 6. The zero-order valence-electron chi connectivity index (χ0n) is 10.6. The second-order valence-corrected chi connectivity index (χ2v) is 6.31. The lowest BCUT2D eigenvalue weighted by Gasteiger charge is -2.09. The molecule has 0 saturated heterocycles. The van der Waals surface area contributed by atoms with E-state index in [0.29, 0.717) is 5.95 Å². The summed E-state index contributed by atoms with van der Waals surface area (Å²) < 4.78 is 0.973. The second-order valence-electron chi connectivity index (χ2n) is 4.22. The Morgan fingerprint density at radius 3 is 2.80 bits per heavy atom. The van der Waals surface area contributed by atoms with Crippen LogP contribution in [-0.2, 0) is 0 Å². The molecule has 0 unspecified atom stereocenters. The Balaban J connectivity index is 2.12. The van der Waals surface area contributed by atoms with Crippen molar-refractivity contribution in [3.8, 4) is 0 Å². The molecule has 0 saturated carbocycles. The summed E-state index contributed by atoms with van der Waals surface area (Å²) in [5.74, 6) is 6.56. The average molecular weight is 350 g/mol. The van der Waals surface area contributed by atoms with Crippen LogP contribution in [0.4, 0.5) is 17.5 Å². The third-order valence-electron chi connectivity index (χ3n) is 2.77. The van der Waals surface area contributed by atoms with E-state index in [-0.39, 0.29) is 0 Å². The number of halogens is 1. The summed E-state index contributed by atoms with van der Waals surface area (Å²) in [6.45, 7) is 2.05. The van der Waals surface area contributed by atoms with Crippen molar-refractivity contribution in [2.45, 2.75) is 6.92 Å². The van der Waals surface area contributed by atoms with Crippen molar-refractivity contribution < 1.29 is 0 Å². The standard InChI is InChI=1S/C13H12BrN5S/c1-7-6-8-11(16-10-5-3-2-4-9(10)14)17-13(19-15)18-12(8)20-7/h2-6H,15H2,1H3,(H2,16,17,18,19). The molecule has 4 N–H and O–H groups in total. The highest BCUT2D eigenvalue weighted by atomic mass is 79.9. The van der Waals surface area contributed by atoms with Gasteiger partial charge in [-0.3, -0.25) is 5.43 Å². The molecular formula is C13H12BrN5S. The first-order valence-electron chi connectivity index (χ1n) is 5.94. The summed E-state index contributed by atoms with van der Waals surface area (Å²) in [5, 5.41) is 4.30. The first-order chi connectivity index (χ1) is 9.67. The minimum atomic E-state index is 0.397. The van der Waals surface area contributed by atoms with Crippen LogP contribution in [0, 0.1) is 6.92 Å². The Hall–Kier alpha value is -1.70. The van der Waals surface area contributed by atoms with E-state index in [1.54, 1.807) is 11.3 Å². The number of para-hydroxylation sites is 1. The monoisotopic (exact) mass is 349 g/mol. The van der Waals surface area contributed by atoms with E-state index >= 15 is 0 Å². The summed E-state index contributed by atoms with van der Waals surface area (Å²) in [4.78, 5) is 10.8. The molecule has 20 heavy (non-hydrogen) atoms. The van der Waals surface area contributed by atoms with Crippen molar-refractivity contribution in [1.29, 1.82) is 0 Å². The van der Waals surface area contributed by atoms with Gasteiger partial charge in [0.1, 0.15) is 10.6 Å². The van der Waals surface area contributed by atoms with E-state index in [4.69, 9.17) is 5.84 Å². The molecule has 0 aliphatic heterocycles. The highest BCUT2D eigenvalue weighted by molar-refractivity contribution is 9.10. The van der Waals surface area contributed by atoms with Crippen LogP contribution >= 0.6 is 27.3 Å². The average Bonchev–Trinajstić information content (AvgIpc) is 2.81. The summed E-state index contributed by atoms with van der Waals surface area (Å²) in [7, 11) is 0. The van der Waals surface area contributed by atoms with Crippen LogP contribution in [0.3, 0.4) is 0 Å². The van der Waals surface area contributed by atoms with Crippen LogP contribution in [-0.4, -0.2) is 9.97 Å². The molecule has 0 fully saturated rings. The van der Waals surface area contributed by atoms with Crippen LogP contribution < -0.4 is 16.6 Å². The van der Waals surface area contributed by atoms with Crippen molar-refractivity contribution in [3.63, 3.8) is 0 Å². The SMILES string of the molecule is Cc1cc2c(Nc3ccccc3Br)nc(NN)nc2s1. The smallest absolute Gasteiger partial charge is 0.240 e. The van der Waals surface area contributed by atoms with Crippen LogP contribution in [0.1, 0.15) is 4.88 Å². The van der Waals surface area contributed by atoms with Gasteiger partial charge in [0.05, 0.1) is 11.1 Å². The molecule has 3 rings (SSSR count). The second kappa shape index (κ2) is 5.35. The lowest BCUT2D eigenvalue weighted by molar-refractivity contribution is 1.16. The summed E-state index contributed by atoms with van der Waals surface area (Å²) in [5.41, 5.74) is 3.45. The fraction of sp³-hybridized carbons (Fsp3) is 0.0769. The highest BCUT2D eigenvalue weighted by Gasteiger charge is 2.11. The zero-order chi connectivity index (χ0) is 14.1. The van der Waals surface area contributed by atoms with Crippen LogP contribution in [0.5, 0.6) is 0 Å². The van der Waals surface area contributed by atoms with Crippen LogP contribution in [0.25, 0.3) is 10.2 Å². The fourth-order valence-electron chi connectivity index (χ4n) is 1.89. The molecule has 102 valence electrons. The third kappa shape index (κ3) is 2.47. The molecule has 0 atom stereocenters. The Morgan fingerprint density at radius 1 is 1.25 bits per heavy atom. The quantitative estimate of drug-likeness (QED) is 0.495. The lowest BCUT2D eigenvalue weighted by Crippen LogP contribution is -2.11. The third-order valence-corrected chi connectivity index (χ3v) is 4.41. The van der Waals surface area contributed by atoms with Gasteiger partial charge in [0.2, 0.25) is 5.95 Å². The van der Waals surface area contributed by atoms with Gasteiger partial charge in [-0.2, -0.15) is 4.98 Å². The van der Waals surface area contributed by atoms with Gasteiger partial charge in [0.25, 0.3) is 0 Å². The number of aryl methyl sites for hydroxylation is 1. The van der Waals surface area contributed by atoms with Crippen molar-refractivity contribution in [1.82, 2.24) is 9.97 Å². The lowest BCUT2D eigenvalue weighted by atomic mass is 10.3. The number of nitrogens with zero attached hydrogens (tertiary/aromatic N) is 2. The number of nitrogen functional groups attached to an aromatic ring is 1. The number of rotatable bonds is 3. The van der Waals surface area contributed by atoms with Crippen molar-refractivity contribution in [3.05, 3.63) is 39.7 Å². The van der Waals surface area contributed by atoms with Gasteiger partial charge < -0.3 is 5.32 Å². The normalized spacial score (nSPS) is 10.8. The number of hydrazine groups is 1. The molecule has 1 aromatic carbocycles. The number of anilines is 3. The van der Waals surface area contributed by atoms with Crippen LogP contribution in [0.15, 0.2) is 34.8 Å². The number of thiophene rings is 1. The topological polar surface area (TPSA) is 75.9 Å². The molecule has 2 heterocycles. The first kappa shape index (κ1) is 13.3. The predicted molar refractivity (Wildman–Crippen MR) is 87.4 cm³/mol. The maximum atomic E-state index is 5.43. The number of fused-ring (bicyclic) bond motifs is 1. The number of nitrogens with one attached hydrogen (secondary N) is 2. The van der Waals surface area contributed by atoms with Gasteiger partial charge >= 0.3 is 0 Å². The maximum Gasteiger partial charge on any atom is 0.240 e. The largest absolute Gasteiger partial charge is 0.339 e. The van der Waals surface area contributed by atoms with E-state index in [2.05, 4.69) is 42.7 Å². The predicted octanol–water partition coefficient (Wildman–Crippen LogP) is 3.79. The Bertz CT molecular complexity index is 771. The number of hydrogen-bond donors (Lipinski definition) is 3. The summed E-state index contributed by atoms with van der Waals surface area (Å²) in [6, 6.07) is 9.95. The first-order valence-corrected chi connectivity index (χ1v) is 7.54. The van der Waals surface area contributed by atoms with E-state index in [1.807, 2.05) is 31.2 Å². The molecule has 0 aliphatic carbocycles. The van der Waals surface area contributed by atoms with Gasteiger partial charge in [0, 0.05) is 9.35 Å². The van der Waals surface area contributed by atoms with Gasteiger partial charge in [-0.25, -0.2) is 10.8 Å². The molecule has 0 radical (unpaired) electrons. The molecule has 0 bridgehead atoms. The number of aromatic nitrogens is 2. The molecular weight excluding hydrogens is 338 g/mol. The molecule has 5 nitrogen and oxygen atoms in total. The van der Waals surface area contributed by atoms with Crippen molar-refractivity contribution in [2.75, 3.05) is 10.7 Å². The van der Waals surface area contributed by atoms with E-state index in [0.717, 1.165) is 26.2 Å². The van der Waals surface area contributed by atoms with Crippen molar-refractivity contribution in [2.24, 2.45) is 5.84 Å². The van der Waals surface area contributed by atoms with Gasteiger partial charge in [-0.05, 0) is 41.1 Å².